The fourth-order valence-corrected chi connectivity index (χ4v) is 4.11. The summed E-state index contributed by atoms with van der Waals surface area (Å²) >= 11 is 0. The second kappa shape index (κ2) is 6.14. The van der Waals surface area contributed by atoms with Crippen molar-refractivity contribution in [2.75, 3.05) is 18.5 Å². The van der Waals surface area contributed by atoms with Gasteiger partial charge in [-0.3, -0.25) is 0 Å². The zero-order chi connectivity index (χ0) is 18.6. The number of hydrogen-bond donors (Lipinski definition) is 1. The van der Waals surface area contributed by atoms with Gasteiger partial charge in [-0.25, -0.2) is 15.0 Å². The third-order valence-electron chi connectivity index (χ3n) is 5.56. The van der Waals surface area contributed by atoms with Crippen LogP contribution in [0.3, 0.4) is 0 Å². The Morgan fingerprint density at radius 1 is 1.26 bits per heavy atom. The lowest BCUT2D eigenvalue weighted by atomic mass is 9.89. The van der Waals surface area contributed by atoms with E-state index in [1.807, 2.05) is 6.92 Å². The van der Waals surface area contributed by atoms with Crippen LogP contribution in [0.1, 0.15) is 43.5 Å². The molecule has 5 heterocycles. The highest BCUT2D eigenvalue weighted by molar-refractivity contribution is 6.06. The monoisotopic (exact) mass is 368 g/mol. The zero-order valence-corrected chi connectivity index (χ0v) is 16.0. The van der Waals surface area contributed by atoms with Gasteiger partial charge in [0.25, 0.3) is 0 Å². The molecule has 2 aliphatic heterocycles. The molecular weight excluding hydrogens is 344 g/mol. The molecule has 7 nitrogen and oxygen atoms in total. The quantitative estimate of drug-likeness (QED) is 0.757. The van der Waals surface area contributed by atoms with Gasteiger partial charge in [0.2, 0.25) is 5.71 Å². The Morgan fingerprint density at radius 3 is 2.96 bits per heavy atom. The van der Waals surface area contributed by atoms with Crippen molar-refractivity contribution >= 4 is 28.0 Å². The van der Waals surface area contributed by atoms with Gasteiger partial charge in [0, 0.05) is 30.8 Å². The number of nitrogens with zero attached hydrogens (tertiary/aromatic N) is 3. The van der Waals surface area contributed by atoms with Crippen molar-refractivity contribution in [3.8, 4) is 0 Å². The van der Waals surface area contributed by atoms with Crippen LogP contribution in [0.25, 0.3) is 22.2 Å². The van der Waals surface area contributed by atoms with Crippen LogP contribution in [0.4, 0.5) is 5.82 Å². The van der Waals surface area contributed by atoms with E-state index in [1.165, 1.54) is 5.56 Å². The minimum absolute atomic E-state index is 0.217. The standard InChI is InChI=1S/C20H24N4O3/c1-11-14-9-26-20(2,3)7-13(14)15-16-17(27-19(15)24-11)18(23-10-22-16)21-8-12-5-4-6-25-12/h10,12H,4-9H2,1-3H3,(H,21,22,23)/t12-/m1/s1. The van der Waals surface area contributed by atoms with E-state index in [0.717, 1.165) is 48.0 Å². The molecule has 0 bridgehead atoms. The van der Waals surface area contributed by atoms with Crippen molar-refractivity contribution in [1.29, 1.82) is 0 Å². The molecule has 27 heavy (non-hydrogen) atoms. The molecule has 2 aliphatic rings. The highest BCUT2D eigenvalue weighted by atomic mass is 16.5. The fraction of sp³-hybridized carbons (Fsp3) is 0.550. The van der Waals surface area contributed by atoms with Crippen molar-refractivity contribution in [2.24, 2.45) is 0 Å². The maximum absolute atomic E-state index is 6.13. The molecule has 5 rings (SSSR count). The molecule has 1 atom stereocenters. The van der Waals surface area contributed by atoms with Crippen molar-refractivity contribution in [3.05, 3.63) is 23.1 Å². The van der Waals surface area contributed by atoms with E-state index in [-0.39, 0.29) is 11.7 Å². The van der Waals surface area contributed by atoms with Crippen molar-refractivity contribution in [2.45, 2.75) is 58.3 Å². The lowest BCUT2D eigenvalue weighted by molar-refractivity contribution is -0.0400. The van der Waals surface area contributed by atoms with Gasteiger partial charge in [-0.15, -0.1) is 0 Å². The summed E-state index contributed by atoms with van der Waals surface area (Å²) < 4.78 is 17.8. The summed E-state index contributed by atoms with van der Waals surface area (Å²) in [6.07, 6.45) is 4.81. The summed E-state index contributed by atoms with van der Waals surface area (Å²) in [7, 11) is 0. The van der Waals surface area contributed by atoms with E-state index < -0.39 is 0 Å². The average molecular weight is 368 g/mol. The Labute approximate surface area is 157 Å². The number of aromatic nitrogens is 3. The SMILES string of the molecule is Cc1nc2oc3c(NC[C@H]4CCCO4)ncnc3c2c2c1COC(C)(C)C2. The molecule has 1 saturated heterocycles. The largest absolute Gasteiger partial charge is 0.432 e. The number of anilines is 1. The lowest BCUT2D eigenvalue weighted by Gasteiger charge is -2.32. The lowest BCUT2D eigenvalue weighted by Crippen LogP contribution is -2.32. The van der Waals surface area contributed by atoms with Gasteiger partial charge >= 0.3 is 0 Å². The highest BCUT2D eigenvalue weighted by Gasteiger charge is 2.31. The van der Waals surface area contributed by atoms with Crippen LogP contribution in [-0.4, -0.2) is 39.8 Å². The first-order valence-electron chi connectivity index (χ1n) is 9.57. The molecule has 0 unspecified atom stereocenters. The van der Waals surface area contributed by atoms with E-state index >= 15 is 0 Å². The number of pyridine rings is 1. The first-order valence-corrected chi connectivity index (χ1v) is 9.57. The summed E-state index contributed by atoms with van der Waals surface area (Å²) in [5.41, 5.74) is 5.22. The van der Waals surface area contributed by atoms with E-state index in [1.54, 1.807) is 6.33 Å². The van der Waals surface area contributed by atoms with Crippen LogP contribution in [0.15, 0.2) is 10.7 Å². The van der Waals surface area contributed by atoms with Crippen LogP contribution in [0.2, 0.25) is 0 Å². The third-order valence-corrected chi connectivity index (χ3v) is 5.56. The molecule has 0 spiro atoms. The summed E-state index contributed by atoms with van der Waals surface area (Å²) in [6, 6.07) is 0. The molecule has 0 radical (unpaired) electrons. The van der Waals surface area contributed by atoms with Crippen molar-refractivity contribution in [3.63, 3.8) is 0 Å². The Balaban J connectivity index is 1.63. The summed E-state index contributed by atoms with van der Waals surface area (Å²) in [5.74, 6) is 0.700. The van der Waals surface area contributed by atoms with E-state index in [4.69, 9.17) is 13.9 Å². The van der Waals surface area contributed by atoms with Crippen LogP contribution >= 0.6 is 0 Å². The molecule has 0 saturated carbocycles. The van der Waals surface area contributed by atoms with Gasteiger partial charge in [-0.2, -0.15) is 0 Å². The molecule has 1 N–H and O–H groups in total. The maximum atomic E-state index is 6.13. The molecule has 7 heteroatoms. The minimum Gasteiger partial charge on any atom is -0.432 e. The molecular formula is C20H24N4O3. The van der Waals surface area contributed by atoms with Gasteiger partial charge in [0.05, 0.1) is 23.7 Å². The van der Waals surface area contributed by atoms with Gasteiger partial charge in [0.1, 0.15) is 11.8 Å². The van der Waals surface area contributed by atoms with Crippen molar-refractivity contribution in [1.82, 2.24) is 15.0 Å². The Hall–Kier alpha value is -2.25. The van der Waals surface area contributed by atoms with Gasteiger partial charge < -0.3 is 19.2 Å². The number of nitrogens with one attached hydrogen (secondary N) is 1. The smallest absolute Gasteiger partial charge is 0.229 e. The van der Waals surface area contributed by atoms with E-state index in [9.17, 15) is 0 Å². The summed E-state index contributed by atoms with van der Waals surface area (Å²) in [6.45, 7) is 8.36. The molecule has 142 valence electrons. The predicted octanol–water partition coefficient (Wildman–Crippen LogP) is 3.52. The summed E-state index contributed by atoms with van der Waals surface area (Å²) in [5, 5.41) is 4.37. The first kappa shape index (κ1) is 16.9. The topological polar surface area (TPSA) is 82.3 Å². The Morgan fingerprint density at radius 2 is 2.15 bits per heavy atom. The average Bonchev–Trinajstić information content (AvgIpc) is 3.26. The predicted molar refractivity (Wildman–Crippen MR) is 102 cm³/mol. The number of aryl methyl sites for hydroxylation is 1. The van der Waals surface area contributed by atoms with Gasteiger partial charge in [0.15, 0.2) is 11.4 Å². The van der Waals surface area contributed by atoms with Crippen LogP contribution < -0.4 is 5.32 Å². The number of hydrogen-bond acceptors (Lipinski definition) is 7. The second-order valence-corrected chi connectivity index (χ2v) is 8.08. The number of ether oxygens (including phenoxy) is 2. The normalized spacial score (nSPS) is 21.7. The molecule has 0 aliphatic carbocycles. The Kier molecular flexibility index (Phi) is 3.84. The number of fused-ring (bicyclic) bond motifs is 5. The zero-order valence-electron chi connectivity index (χ0n) is 16.0. The molecule has 3 aromatic heterocycles. The number of rotatable bonds is 3. The van der Waals surface area contributed by atoms with E-state index in [0.29, 0.717) is 30.3 Å². The Bertz CT molecular complexity index is 1020. The van der Waals surface area contributed by atoms with Crippen LogP contribution in [0, 0.1) is 6.92 Å². The molecule has 3 aromatic rings. The molecule has 0 aromatic carbocycles. The first-order chi connectivity index (χ1) is 13.0. The van der Waals surface area contributed by atoms with Crippen LogP contribution in [0.5, 0.6) is 0 Å². The fourth-order valence-electron chi connectivity index (χ4n) is 4.11. The second-order valence-electron chi connectivity index (χ2n) is 8.08. The van der Waals surface area contributed by atoms with Gasteiger partial charge in [-0.1, -0.05) is 0 Å². The van der Waals surface area contributed by atoms with Gasteiger partial charge in [-0.05, 0) is 39.2 Å². The molecule has 0 amide bonds. The maximum Gasteiger partial charge on any atom is 0.229 e. The van der Waals surface area contributed by atoms with Crippen LogP contribution in [-0.2, 0) is 22.5 Å². The number of furan rings is 1. The molecule has 1 fully saturated rings. The minimum atomic E-state index is -0.217. The summed E-state index contributed by atoms with van der Waals surface area (Å²) in [4.78, 5) is 13.6. The third kappa shape index (κ3) is 2.85. The van der Waals surface area contributed by atoms with E-state index in [2.05, 4.69) is 34.1 Å². The van der Waals surface area contributed by atoms with Crippen molar-refractivity contribution < 1.29 is 13.9 Å². The highest BCUT2D eigenvalue weighted by Crippen LogP contribution is 2.39.